The highest BCUT2D eigenvalue weighted by Crippen LogP contribution is 2.31. The molecule has 0 fully saturated rings. The lowest BCUT2D eigenvalue weighted by molar-refractivity contribution is -0.274. The molecule has 3 rings (SSSR count). The van der Waals surface area contributed by atoms with E-state index < -0.39 is 36.6 Å². The van der Waals surface area contributed by atoms with E-state index in [0.29, 0.717) is 5.69 Å². The molecule has 0 atom stereocenters. The van der Waals surface area contributed by atoms with Gasteiger partial charge in [0, 0.05) is 11.0 Å². The second-order valence-corrected chi connectivity index (χ2v) is 6.48. The van der Waals surface area contributed by atoms with Gasteiger partial charge in [0.2, 0.25) is 0 Å². The molecule has 3 aromatic rings. The van der Waals surface area contributed by atoms with Crippen LogP contribution in [0.5, 0.6) is 5.75 Å². The summed E-state index contributed by atoms with van der Waals surface area (Å²) in [5, 5.41) is 23.4. The average Bonchev–Trinajstić information content (AvgIpc) is 3.18. The smallest absolute Gasteiger partial charge is 0.465 e. The van der Waals surface area contributed by atoms with Crippen LogP contribution >= 0.6 is 0 Å². The van der Waals surface area contributed by atoms with Crippen LogP contribution in [0.15, 0.2) is 48.5 Å². The van der Waals surface area contributed by atoms with Crippen molar-refractivity contribution in [1.29, 1.82) is 0 Å². The molecule has 2 N–H and O–H groups in total. The van der Waals surface area contributed by atoms with E-state index in [1.165, 1.54) is 0 Å². The van der Waals surface area contributed by atoms with Gasteiger partial charge in [0.1, 0.15) is 17.0 Å². The van der Waals surface area contributed by atoms with Crippen molar-refractivity contribution in [3.63, 3.8) is 0 Å². The maximum absolute atomic E-state index is 12.7. The molecule has 0 radical (unpaired) electrons. The number of esters is 2. The first-order valence-corrected chi connectivity index (χ1v) is 9.18. The van der Waals surface area contributed by atoms with Crippen molar-refractivity contribution < 1.29 is 47.0 Å². The highest BCUT2D eigenvalue weighted by atomic mass is 19.4. The van der Waals surface area contributed by atoms with Gasteiger partial charge in [0.25, 0.3) is 0 Å². The van der Waals surface area contributed by atoms with Gasteiger partial charge >= 0.3 is 25.4 Å². The molecule has 1 aromatic heterocycles. The van der Waals surface area contributed by atoms with Crippen LogP contribution in [0.25, 0.3) is 16.9 Å². The number of nitrogens with zero attached hydrogens (tertiary/aromatic N) is 2. The number of hydrogen-bond donors (Lipinski definition) is 2. The number of aromatic nitrogens is 2. The Bertz CT molecular complexity index is 1180. The third kappa shape index (κ3) is 4.99. The van der Waals surface area contributed by atoms with Crippen LogP contribution in [0.2, 0.25) is 0 Å². The molecule has 0 spiro atoms. The fourth-order valence-corrected chi connectivity index (χ4v) is 3.07. The summed E-state index contributed by atoms with van der Waals surface area (Å²) in [7, 11) is -0.189. The zero-order valence-corrected chi connectivity index (χ0v) is 17.2. The van der Waals surface area contributed by atoms with E-state index in [1.54, 1.807) is 30.3 Å². The Morgan fingerprint density at radius 3 is 2.18 bits per heavy atom. The van der Waals surface area contributed by atoms with E-state index in [0.717, 1.165) is 37.1 Å². The fraction of sp³-hybridized carbons (Fsp3) is 0.150. The third-order valence-electron chi connectivity index (χ3n) is 4.44. The van der Waals surface area contributed by atoms with Crippen LogP contribution in [-0.2, 0) is 9.47 Å². The van der Waals surface area contributed by atoms with Gasteiger partial charge in [-0.3, -0.25) is 0 Å². The van der Waals surface area contributed by atoms with Gasteiger partial charge in [-0.15, -0.1) is 13.2 Å². The van der Waals surface area contributed by atoms with Gasteiger partial charge in [-0.1, -0.05) is 18.2 Å². The zero-order valence-electron chi connectivity index (χ0n) is 17.2. The van der Waals surface area contributed by atoms with Gasteiger partial charge < -0.3 is 24.3 Å². The Hall–Kier alpha value is -3.84. The van der Waals surface area contributed by atoms with Crippen LogP contribution < -0.4 is 10.2 Å². The number of hydrogen-bond acceptors (Lipinski definition) is 8. The molecule has 172 valence electrons. The Morgan fingerprint density at radius 1 is 1.00 bits per heavy atom. The Labute approximate surface area is 185 Å². The quantitative estimate of drug-likeness (QED) is 0.418. The lowest BCUT2D eigenvalue weighted by atomic mass is 9.78. The molecule has 0 amide bonds. The number of methoxy groups -OCH3 is 2. The number of halogens is 3. The molecular formula is C20H16BF3N2O7. The second-order valence-electron chi connectivity index (χ2n) is 6.48. The molecule has 0 saturated heterocycles. The summed E-state index contributed by atoms with van der Waals surface area (Å²) >= 11 is 0. The van der Waals surface area contributed by atoms with Gasteiger partial charge in [-0.05, 0) is 30.3 Å². The summed E-state index contributed by atoms with van der Waals surface area (Å²) in [4.78, 5) is 25.2. The fourth-order valence-electron chi connectivity index (χ4n) is 3.07. The lowest BCUT2D eigenvalue weighted by Crippen LogP contribution is -2.34. The van der Waals surface area contributed by atoms with Crippen LogP contribution in [0.4, 0.5) is 13.2 Å². The molecule has 0 unspecified atom stereocenters. The Morgan fingerprint density at radius 2 is 1.64 bits per heavy atom. The van der Waals surface area contributed by atoms with Crippen molar-refractivity contribution in [3.8, 4) is 22.7 Å². The highest BCUT2D eigenvalue weighted by molar-refractivity contribution is 6.59. The number of ether oxygens (including phenoxy) is 3. The van der Waals surface area contributed by atoms with E-state index in [2.05, 4.69) is 9.84 Å². The maximum atomic E-state index is 12.7. The summed E-state index contributed by atoms with van der Waals surface area (Å²) in [6.45, 7) is 0. The molecule has 0 saturated carbocycles. The minimum Gasteiger partial charge on any atom is -0.465 e. The Kier molecular flexibility index (Phi) is 6.74. The molecule has 2 aromatic carbocycles. The molecule has 13 heteroatoms. The molecule has 0 aliphatic carbocycles. The minimum atomic E-state index is -5.09. The number of rotatable bonds is 6. The van der Waals surface area contributed by atoms with E-state index in [4.69, 9.17) is 9.47 Å². The van der Waals surface area contributed by atoms with Crippen molar-refractivity contribution in [2.45, 2.75) is 6.36 Å². The predicted octanol–water partition coefficient (Wildman–Crippen LogP) is 1.69. The topological polar surface area (TPSA) is 120 Å². The molecule has 0 aliphatic rings. The van der Waals surface area contributed by atoms with Crippen molar-refractivity contribution >= 4 is 24.5 Å². The average molecular weight is 464 g/mol. The second kappa shape index (κ2) is 9.34. The van der Waals surface area contributed by atoms with Crippen molar-refractivity contribution in [3.05, 3.63) is 59.8 Å². The van der Waals surface area contributed by atoms with Gasteiger partial charge in [-0.25, -0.2) is 14.3 Å². The van der Waals surface area contributed by atoms with Crippen molar-refractivity contribution in [1.82, 2.24) is 9.78 Å². The predicted molar refractivity (Wildman–Crippen MR) is 108 cm³/mol. The maximum Gasteiger partial charge on any atom is 0.573 e. The molecule has 0 bridgehead atoms. The number of benzene rings is 2. The summed E-state index contributed by atoms with van der Waals surface area (Å²) < 4.78 is 52.6. The normalized spacial score (nSPS) is 11.1. The summed E-state index contributed by atoms with van der Waals surface area (Å²) in [6, 6.07) is 11.1. The first-order chi connectivity index (χ1) is 15.6. The van der Waals surface area contributed by atoms with Crippen LogP contribution in [-0.4, -0.2) is 59.5 Å². The zero-order chi connectivity index (χ0) is 24.3. The first kappa shape index (κ1) is 23.8. The monoisotopic (exact) mass is 464 g/mol. The molecule has 0 aliphatic heterocycles. The van der Waals surface area contributed by atoms with Crippen LogP contribution in [0.1, 0.15) is 20.8 Å². The van der Waals surface area contributed by atoms with E-state index in [9.17, 15) is 32.8 Å². The largest absolute Gasteiger partial charge is 0.573 e. The number of carbonyl (C=O) groups excluding carboxylic acids is 2. The van der Waals surface area contributed by atoms with Crippen molar-refractivity contribution in [2.24, 2.45) is 0 Å². The third-order valence-corrected chi connectivity index (χ3v) is 4.44. The van der Waals surface area contributed by atoms with Gasteiger partial charge in [0.15, 0.2) is 5.69 Å². The van der Waals surface area contributed by atoms with Crippen molar-refractivity contribution in [2.75, 3.05) is 14.2 Å². The van der Waals surface area contributed by atoms with Gasteiger partial charge in [0.05, 0.1) is 19.9 Å². The SMILES string of the molecule is COC(=O)c1c(-c2ccc(OC(F)(F)F)c(B(O)O)c2)nn(-c2ccccc2)c1C(=O)OC. The summed E-state index contributed by atoms with van der Waals surface area (Å²) in [6.07, 6.45) is -5.09. The van der Waals surface area contributed by atoms with Crippen LogP contribution in [0.3, 0.4) is 0 Å². The molecular weight excluding hydrogens is 448 g/mol. The lowest BCUT2D eigenvalue weighted by Gasteiger charge is -2.14. The standard InChI is InChI=1S/C20H16BF3N2O7/c1-31-18(27)15-16(11-8-9-14(33-20(22,23)24)13(10-11)21(29)30)25-26(17(15)19(28)32-2)12-6-4-3-5-7-12/h3-10,29-30H,1-2H3. The van der Waals surface area contributed by atoms with Crippen LogP contribution in [0, 0.1) is 0 Å². The Balaban J connectivity index is 2.30. The van der Waals surface area contributed by atoms with E-state index >= 15 is 0 Å². The van der Waals surface area contributed by atoms with E-state index in [-0.39, 0.29) is 22.5 Å². The number of carbonyl (C=O) groups is 2. The van der Waals surface area contributed by atoms with E-state index in [1.807, 2.05) is 0 Å². The number of para-hydroxylation sites is 1. The van der Waals surface area contributed by atoms with Gasteiger partial charge in [-0.2, -0.15) is 5.10 Å². The highest BCUT2D eigenvalue weighted by Gasteiger charge is 2.35. The molecule has 9 nitrogen and oxygen atoms in total. The molecule has 1 heterocycles. The first-order valence-electron chi connectivity index (χ1n) is 9.18. The molecule has 33 heavy (non-hydrogen) atoms. The summed E-state index contributed by atoms with van der Waals surface area (Å²) in [5.41, 5.74) is -1.11. The summed E-state index contributed by atoms with van der Waals surface area (Å²) in [5.74, 6) is -2.77. The number of alkyl halides is 3. The minimum absolute atomic E-state index is 0.0205.